The predicted molar refractivity (Wildman–Crippen MR) is 104 cm³/mol. The third kappa shape index (κ3) is 6.15. The number of aryl methyl sites for hydroxylation is 1. The van der Waals surface area contributed by atoms with Crippen LogP contribution in [0.4, 0.5) is 20.6 Å². The molecule has 0 atom stereocenters. The molecule has 3 N–H and O–H groups in total. The summed E-state index contributed by atoms with van der Waals surface area (Å²) in [5.74, 6) is 0.0659. The molecule has 1 aromatic heterocycles. The lowest BCUT2D eigenvalue weighted by Crippen LogP contribution is -2.47. The molecule has 1 fully saturated rings. The molecule has 29 heavy (non-hydrogen) atoms. The maximum Gasteiger partial charge on any atom is 0.335 e. The van der Waals surface area contributed by atoms with Gasteiger partial charge in [0, 0.05) is 38.4 Å². The first-order valence-corrected chi connectivity index (χ1v) is 10.2. The van der Waals surface area contributed by atoms with Crippen molar-refractivity contribution in [1.82, 2.24) is 19.2 Å². The Bertz CT molecular complexity index is 978. The van der Waals surface area contributed by atoms with Gasteiger partial charge >= 0.3 is 16.3 Å². The Morgan fingerprint density at radius 2 is 1.72 bits per heavy atom. The van der Waals surface area contributed by atoms with Crippen LogP contribution in [-0.2, 0) is 16.8 Å². The number of hydrogen-bond donors (Lipinski definition) is 3. The van der Waals surface area contributed by atoms with Crippen molar-refractivity contribution >= 4 is 27.7 Å². The topological polar surface area (TPSA) is 128 Å². The Hall–Kier alpha value is -2.67. The third-order valence-corrected chi connectivity index (χ3v) is 5.34. The van der Waals surface area contributed by atoms with Gasteiger partial charge in [-0.25, -0.2) is 19.2 Å². The molecule has 2 amide bonds. The van der Waals surface area contributed by atoms with Gasteiger partial charge in [0.25, 0.3) is 0 Å². The van der Waals surface area contributed by atoms with E-state index in [-0.39, 0.29) is 18.8 Å². The molecule has 1 aromatic carbocycles. The molecule has 0 unspecified atom stereocenters. The first kappa shape index (κ1) is 21.0. The van der Waals surface area contributed by atoms with Crippen LogP contribution in [0.3, 0.4) is 0 Å². The predicted octanol–water partition coefficient (Wildman–Crippen LogP) is 1.49. The standard InChI is InChI=1S/C17H21FN6O4S/c1-12-19-9-16(10-20-12)22-17(25)21-15-7-13(6-14(18)8-15)11-23-2-4-24(5-3-23)29(26,27)28/h6-10H,2-5,11H2,1H3,(H2,21,22,25)(H,26,27,28). The summed E-state index contributed by atoms with van der Waals surface area (Å²) in [6.07, 6.45) is 2.93. The summed E-state index contributed by atoms with van der Waals surface area (Å²) in [5, 5.41) is 5.13. The van der Waals surface area contributed by atoms with Gasteiger partial charge in [0.05, 0.1) is 18.1 Å². The van der Waals surface area contributed by atoms with E-state index in [0.29, 0.717) is 36.7 Å². The second kappa shape index (κ2) is 8.78. The smallest absolute Gasteiger partial charge is 0.308 e. The van der Waals surface area contributed by atoms with E-state index in [0.717, 1.165) is 4.31 Å². The lowest BCUT2D eigenvalue weighted by Gasteiger charge is -2.32. The summed E-state index contributed by atoms with van der Waals surface area (Å²) in [5.41, 5.74) is 1.31. The van der Waals surface area contributed by atoms with Gasteiger partial charge in [-0.15, -0.1) is 0 Å². The molecule has 1 aliphatic rings. The molecule has 2 heterocycles. The fraction of sp³-hybridized carbons (Fsp3) is 0.353. The van der Waals surface area contributed by atoms with Gasteiger partial charge in [-0.2, -0.15) is 12.7 Å². The monoisotopic (exact) mass is 424 g/mol. The molecule has 3 rings (SSSR count). The zero-order valence-corrected chi connectivity index (χ0v) is 16.5. The number of urea groups is 1. The second-order valence-corrected chi connectivity index (χ2v) is 8.01. The molecule has 1 aliphatic heterocycles. The number of nitrogens with zero attached hydrogens (tertiary/aromatic N) is 4. The molecular weight excluding hydrogens is 403 g/mol. The van der Waals surface area contributed by atoms with Gasteiger partial charge in [-0.05, 0) is 30.7 Å². The molecule has 12 heteroatoms. The van der Waals surface area contributed by atoms with Crippen molar-refractivity contribution in [3.05, 3.63) is 47.8 Å². The van der Waals surface area contributed by atoms with Gasteiger partial charge in [0.1, 0.15) is 11.6 Å². The number of aromatic nitrogens is 2. The second-order valence-electron chi connectivity index (χ2n) is 6.60. The summed E-state index contributed by atoms with van der Waals surface area (Å²) < 4.78 is 46.3. The highest BCUT2D eigenvalue weighted by atomic mass is 32.2. The van der Waals surface area contributed by atoms with Crippen molar-refractivity contribution < 1.29 is 22.2 Å². The average molecular weight is 424 g/mol. The molecule has 0 spiro atoms. The van der Waals surface area contributed by atoms with Gasteiger partial charge in [-0.1, -0.05) is 0 Å². The lowest BCUT2D eigenvalue weighted by molar-refractivity contribution is 0.173. The van der Waals surface area contributed by atoms with Crippen LogP contribution in [0.25, 0.3) is 0 Å². The highest BCUT2D eigenvalue weighted by Crippen LogP contribution is 2.18. The number of carbonyl (C=O) groups excluding carboxylic acids is 1. The molecule has 2 aromatic rings. The third-order valence-electron chi connectivity index (χ3n) is 4.32. The van der Waals surface area contributed by atoms with E-state index in [4.69, 9.17) is 4.55 Å². The Morgan fingerprint density at radius 1 is 1.10 bits per heavy atom. The van der Waals surface area contributed by atoms with Gasteiger partial charge in [0.2, 0.25) is 0 Å². The first-order chi connectivity index (χ1) is 13.7. The average Bonchev–Trinajstić information content (AvgIpc) is 2.63. The van der Waals surface area contributed by atoms with E-state index in [1.165, 1.54) is 24.5 Å². The minimum atomic E-state index is -4.19. The maximum absolute atomic E-state index is 14.0. The highest BCUT2D eigenvalue weighted by Gasteiger charge is 2.25. The molecule has 0 aliphatic carbocycles. The van der Waals surface area contributed by atoms with Crippen molar-refractivity contribution in [2.45, 2.75) is 13.5 Å². The van der Waals surface area contributed by atoms with Crippen LogP contribution >= 0.6 is 0 Å². The van der Waals surface area contributed by atoms with Gasteiger partial charge in [-0.3, -0.25) is 9.45 Å². The molecule has 0 saturated carbocycles. The van der Waals surface area contributed by atoms with Crippen molar-refractivity contribution in [2.24, 2.45) is 0 Å². The molecular formula is C17H21FN6O4S. The fourth-order valence-corrected chi connectivity index (χ4v) is 3.57. The molecule has 156 valence electrons. The Morgan fingerprint density at radius 3 is 2.34 bits per heavy atom. The van der Waals surface area contributed by atoms with Crippen LogP contribution in [0.2, 0.25) is 0 Å². The molecule has 1 saturated heterocycles. The molecule has 0 bridgehead atoms. The molecule has 10 nitrogen and oxygen atoms in total. The quantitative estimate of drug-likeness (QED) is 0.621. The van der Waals surface area contributed by atoms with Gasteiger partial charge in [0.15, 0.2) is 0 Å². The first-order valence-electron chi connectivity index (χ1n) is 8.80. The summed E-state index contributed by atoms with van der Waals surface area (Å²) >= 11 is 0. The highest BCUT2D eigenvalue weighted by molar-refractivity contribution is 7.83. The van der Waals surface area contributed by atoms with Crippen molar-refractivity contribution in [2.75, 3.05) is 36.8 Å². The Labute approximate surface area is 167 Å². The minimum absolute atomic E-state index is 0.153. The van der Waals surface area contributed by atoms with Crippen LogP contribution in [0.1, 0.15) is 11.4 Å². The maximum atomic E-state index is 14.0. The number of benzene rings is 1. The van der Waals surface area contributed by atoms with E-state index >= 15 is 0 Å². The van der Waals surface area contributed by atoms with Crippen molar-refractivity contribution in [3.8, 4) is 0 Å². The summed E-state index contributed by atoms with van der Waals surface area (Å²) in [7, 11) is -4.19. The van der Waals surface area contributed by atoms with Crippen LogP contribution in [0.5, 0.6) is 0 Å². The largest absolute Gasteiger partial charge is 0.335 e. The van der Waals surface area contributed by atoms with Crippen molar-refractivity contribution in [1.29, 1.82) is 0 Å². The normalized spacial score (nSPS) is 15.8. The minimum Gasteiger partial charge on any atom is -0.308 e. The van der Waals surface area contributed by atoms with E-state index in [1.807, 2.05) is 4.90 Å². The van der Waals surface area contributed by atoms with E-state index in [1.54, 1.807) is 13.0 Å². The number of amides is 2. The van der Waals surface area contributed by atoms with Gasteiger partial charge < -0.3 is 10.6 Å². The number of halogens is 1. The number of piperazine rings is 1. The van der Waals surface area contributed by atoms with E-state index in [2.05, 4.69) is 20.6 Å². The Balaban J connectivity index is 1.59. The van der Waals surface area contributed by atoms with Crippen molar-refractivity contribution in [3.63, 3.8) is 0 Å². The zero-order chi connectivity index (χ0) is 21.0. The summed E-state index contributed by atoms with van der Waals surface area (Å²) in [6.45, 7) is 3.19. The number of nitrogens with one attached hydrogen (secondary N) is 2. The number of carbonyl (C=O) groups is 1. The summed E-state index contributed by atoms with van der Waals surface area (Å²) in [6, 6.07) is 3.64. The zero-order valence-electron chi connectivity index (χ0n) is 15.7. The van der Waals surface area contributed by atoms with Crippen LogP contribution in [0, 0.1) is 12.7 Å². The Kier molecular flexibility index (Phi) is 6.37. The summed E-state index contributed by atoms with van der Waals surface area (Å²) in [4.78, 5) is 22.0. The lowest BCUT2D eigenvalue weighted by atomic mass is 10.1. The van der Waals surface area contributed by atoms with E-state index < -0.39 is 22.2 Å². The van der Waals surface area contributed by atoms with Crippen LogP contribution in [-0.4, -0.2) is 64.4 Å². The van der Waals surface area contributed by atoms with Crippen LogP contribution < -0.4 is 10.6 Å². The fourth-order valence-electron chi connectivity index (χ4n) is 2.94. The number of anilines is 2. The molecule has 0 radical (unpaired) electrons. The van der Waals surface area contributed by atoms with E-state index in [9.17, 15) is 17.6 Å². The number of rotatable bonds is 5. The number of hydrogen-bond acceptors (Lipinski definition) is 6. The SMILES string of the molecule is Cc1ncc(NC(=O)Nc2cc(F)cc(CN3CCN(S(=O)(=O)O)CC3)c2)cn1. The van der Waals surface area contributed by atoms with Crippen LogP contribution in [0.15, 0.2) is 30.6 Å².